The number of aryl methyl sites for hydroxylation is 3. The van der Waals surface area contributed by atoms with Crippen molar-refractivity contribution in [2.75, 3.05) is 0 Å². The lowest BCUT2D eigenvalue weighted by atomic mass is 9.95. The van der Waals surface area contributed by atoms with Gasteiger partial charge in [-0.1, -0.05) is 5.16 Å². The van der Waals surface area contributed by atoms with E-state index in [4.69, 9.17) is 15.7 Å². The number of nitrogens with zero attached hydrogens (tertiary/aromatic N) is 3. The first kappa shape index (κ1) is 13.4. The molecule has 2 heterocycles. The summed E-state index contributed by atoms with van der Waals surface area (Å²) in [6, 6.07) is 3.66. The molecule has 0 amide bonds. The zero-order valence-corrected chi connectivity index (χ0v) is 11.8. The fourth-order valence-electron chi connectivity index (χ4n) is 2.47. The highest BCUT2D eigenvalue weighted by atomic mass is 16.5. The Labute approximate surface area is 121 Å². The van der Waals surface area contributed by atoms with Gasteiger partial charge in [0, 0.05) is 17.5 Å². The summed E-state index contributed by atoms with van der Waals surface area (Å²) in [7, 11) is 0. The summed E-state index contributed by atoms with van der Waals surface area (Å²) in [5.41, 5.74) is 9.25. The number of hydrogen-bond donors (Lipinski definition) is 3. The largest absolute Gasteiger partial charge is 0.418 e. The van der Waals surface area contributed by atoms with Gasteiger partial charge in [0.2, 0.25) is 11.8 Å². The summed E-state index contributed by atoms with van der Waals surface area (Å²) in [4.78, 5) is 4.54. The van der Waals surface area contributed by atoms with Crippen LogP contribution in [0.15, 0.2) is 17.3 Å². The fourth-order valence-corrected chi connectivity index (χ4v) is 2.47. The Balaban J connectivity index is 2.03. The molecule has 1 aliphatic rings. The van der Waals surface area contributed by atoms with E-state index < -0.39 is 0 Å². The van der Waals surface area contributed by atoms with Crippen molar-refractivity contribution < 1.29 is 9.94 Å². The molecular weight excluding hydrogens is 270 g/mol. The first-order valence-electron chi connectivity index (χ1n) is 6.88. The molecule has 0 atom stereocenters. The van der Waals surface area contributed by atoms with Gasteiger partial charge < -0.3 is 15.7 Å². The zero-order valence-electron chi connectivity index (χ0n) is 11.8. The minimum atomic E-state index is -0.0156. The molecule has 4 N–H and O–H groups in total. The standard InChI is InChI=1S/C14H17N5O2/c1-8-6-12(18-17-8)21-14-10(13(15)19-20)7-9-4-2-3-5-11(9)16-14/h6-7,20H,2-5H2,1H3,(H2,15,19)(H,17,18). The van der Waals surface area contributed by atoms with E-state index in [9.17, 15) is 0 Å². The molecule has 0 radical (unpaired) electrons. The maximum Gasteiger partial charge on any atom is 0.240 e. The van der Waals surface area contributed by atoms with Crippen molar-refractivity contribution in [1.29, 1.82) is 0 Å². The van der Waals surface area contributed by atoms with Crippen LogP contribution in [-0.4, -0.2) is 26.2 Å². The predicted octanol–water partition coefficient (Wildman–Crippen LogP) is 1.88. The number of pyridine rings is 1. The quantitative estimate of drug-likeness (QED) is 0.345. The molecule has 2 aromatic rings. The normalized spacial score (nSPS) is 14.8. The van der Waals surface area contributed by atoms with Crippen LogP contribution >= 0.6 is 0 Å². The maximum atomic E-state index is 8.94. The number of fused-ring (bicyclic) bond motifs is 1. The Morgan fingerprint density at radius 2 is 2.19 bits per heavy atom. The van der Waals surface area contributed by atoms with Crippen molar-refractivity contribution in [2.45, 2.75) is 32.6 Å². The van der Waals surface area contributed by atoms with E-state index in [0.29, 0.717) is 17.3 Å². The molecule has 21 heavy (non-hydrogen) atoms. The number of aromatic nitrogens is 3. The summed E-state index contributed by atoms with van der Waals surface area (Å²) in [5, 5.41) is 18.8. The van der Waals surface area contributed by atoms with Gasteiger partial charge in [-0.2, -0.15) is 0 Å². The highest BCUT2D eigenvalue weighted by Gasteiger charge is 2.19. The summed E-state index contributed by atoms with van der Waals surface area (Å²) >= 11 is 0. The van der Waals surface area contributed by atoms with E-state index in [-0.39, 0.29) is 5.84 Å². The number of ether oxygens (including phenoxy) is 1. The van der Waals surface area contributed by atoms with Crippen LogP contribution in [0.5, 0.6) is 11.8 Å². The molecule has 0 saturated carbocycles. The lowest BCUT2D eigenvalue weighted by Crippen LogP contribution is -2.17. The van der Waals surface area contributed by atoms with Gasteiger partial charge in [-0.15, -0.1) is 5.10 Å². The molecule has 1 aliphatic carbocycles. The molecule has 2 aromatic heterocycles. The summed E-state index contributed by atoms with van der Waals surface area (Å²) in [6.07, 6.45) is 4.12. The van der Waals surface area contributed by atoms with Crippen LogP contribution in [0.1, 0.15) is 35.4 Å². The molecule has 7 heteroatoms. The number of aromatic amines is 1. The predicted molar refractivity (Wildman–Crippen MR) is 76.8 cm³/mol. The first-order chi connectivity index (χ1) is 10.2. The monoisotopic (exact) mass is 287 g/mol. The number of H-pyrrole nitrogens is 1. The molecule has 0 fully saturated rings. The second-order valence-corrected chi connectivity index (χ2v) is 5.13. The summed E-state index contributed by atoms with van der Waals surface area (Å²) in [5.74, 6) is 0.707. The van der Waals surface area contributed by atoms with Crippen molar-refractivity contribution in [1.82, 2.24) is 15.2 Å². The smallest absolute Gasteiger partial charge is 0.240 e. The number of oxime groups is 1. The molecule has 0 spiro atoms. The molecular formula is C14H17N5O2. The molecule has 0 bridgehead atoms. The third-order valence-electron chi connectivity index (χ3n) is 3.53. The highest BCUT2D eigenvalue weighted by Crippen LogP contribution is 2.28. The van der Waals surface area contributed by atoms with E-state index >= 15 is 0 Å². The average molecular weight is 287 g/mol. The topological polar surface area (TPSA) is 109 Å². The Morgan fingerprint density at radius 1 is 1.38 bits per heavy atom. The fraction of sp³-hybridized carbons (Fsp3) is 0.357. The van der Waals surface area contributed by atoms with Gasteiger partial charge in [0.1, 0.15) is 0 Å². The molecule has 3 rings (SSSR count). The van der Waals surface area contributed by atoms with Crippen molar-refractivity contribution in [3.63, 3.8) is 0 Å². The highest BCUT2D eigenvalue weighted by molar-refractivity contribution is 5.99. The van der Waals surface area contributed by atoms with Crippen LogP contribution in [0.4, 0.5) is 0 Å². The van der Waals surface area contributed by atoms with Gasteiger partial charge in [-0.3, -0.25) is 5.10 Å². The second kappa shape index (κ2) is 5.43. The van der Waals surface area contributed by atoms with Gasteiger partial charge >= 0.3 is 0 Å². The minimum absolute atomic E-state index is 0.0156. The van der Waals surface area contributed by atoms with E-state index in [1.165, 1.54) is 0 Å². The molecule has 7 nitrogen and oxygen atoms in total. The van der Waals surface area contributed by atoms with Gasteiger partial charge in [0.15, 0.2) is 5.84 Å². The van der Waals surface area contributed by atoms with Gasteiger partial charge in [-0.25, -0.2) is 4.98 Å². The van der Waals surface area contributed by atoms with Crippen LogP contribution < -0.4 is 10.5 Å². The zero-order chi connectivity index (χ0) is 14.8. The number of nitrogens with two attached hydrogens (primary N) is 1. The van der Waals surface area contributed by atoms with Crippen LogP contribution in [-0.2, 0) is 12.8 Å². The Kier molecular flexibility index (Phi) is 3.47. The number of nitrogens with one attached hydrogen (secondary N) is 1. The van der Waals surface area contributed by atoms with Crippen molar-refractivity contribution in [3.8, 4) is 11.8 Å². The van der Waals surface area contributed by atoms with Crippen molar-refractivity contribution in [2.24, 2.45) is 10.9 Å². The summed E-state index contributed by atoms with van der Waals surface area (Å²) < 4.78 is 5.69. The van der Waals surface area contributed by atoms with E-state index in [1.54, 1.807) is 6.07 Å². The number of amidine groups is 1. The van der Waals surface area contributed by atoms with Gasteiger partial charge in [0.05, 0.1) is 5.56 Å². The number of rotatable bonds is 3. The van der Waals surface area contributed by atoms with Crippen LogP contribution in [0.25, 0.3) is 0 Å². The van der Waals surface area contributed by atoms with Crippen LogP contribution in [0, 0.1) is 6.92 Å². The van der Waals surface area contributed by atoms with Crippen LogP contribution in [0.2, 0.25) is 0 Å². The lowest BCUT2D eigenvalue weighted by Gasteiger charge is -2.17. The Bertz CT molecular complexity index is 693. The molecule has 0 saturated heterocycles. The minimum Gasteiger partial charge on any atom is -0.418 e. The van der Waals surface area contributed by atoms with Crippen molar-refractivity contribution in [3.05, 3.63) is 34.6 Å². The molecule has 0 aromatic carbocycles. The van der Waals surface area contributed by atoms with E-state index in [1.807, 2.05) is 13.0 Å². The SMILES string of the molecule is Cc1cc(Oc2nc3c(cc2/C(N)=N/O)CCCC3)n[nH]1. The molecule has 110 valence electrons. The van der Waals surface area contributed by atoms with E-state index in [2.05, 4.69) is 20.3 Å². The molecule has 0 aliphatic heterocycles. The van der Waals surface area contributed by atoms with Crippen molar-refractivity contribution >= 4 is 5.84 Å². The third kappa shape index (κ3) is 2.67. The maximum absolute atomic E-state index is 8.94. The number of hydrogen-bond acceptors (Lipinski definition) is 5. The Hall–Kier alpha value is -2.57. The van der Waals surface area contributed by atoms with Crippen LogP contribution in [0.3, 0.4) is 0 Å². The molecule has 0 unspecified atom stereocenters. The Morgan fingerprint density at radius 3 is 2.90 bits per heavy atom. The first-order valence-corrected chi connectivity index (χ1v) is 6.88. The lowest BCUT2D eigenvalue weighted by molar-refractivity contribution is 0.318. The average Bonchev–Trinajstić information content (AvgIpc) is 2.91. The van der Waals surface area contributed by atoms with Gasteiger partial charge in [-0.05, 0) is 44.2 Å². The van der Waals surface area contributed by atoms with E-state index in [0.717, 1.165) is 42.6 Å². The van der Waals surface area contributed by atoms with Gasteiger partial charge in [0.25, 0.3) is 0 Å². The second-order valence-electron chi connectivity index (χ2n) is 5.13. The third-order valence-corrected chi connectivity index (χ3v) is 3.53. The summed E-state index contributed by atoms with van der Waals surface area (Å²) in [6.45, 7) is 1.88.